The van der Waals surface area contributed by atoms with E-state index in [-0.39, 0.29) is 18.4 Å². The van der Waals surface area contributed by atoms with Crippen LogP contribution in [0, 0.1) is 11.3 Å². The van der Waals surface area contributed by atoms with E-state index in [4.69, 9.17) is 10.00 Å². The second-order valence-electron chi connectivity index (χ2n) is 5.27. The van der Waals surface area contributed by atoms with Crippen LogP contribution in [0.4, 0.5) is 11.4 Å². The number of benzene rings is 2. The number of amides is 2. The van der Waals surface area contributed by atoms with Gasteiger partial charge in [-0.05, 0) is 49.4 Å². The van der Waals surface area contributed by atoms with Crippen molar-refractivity contribution in [2.75, 3.05) is 23.4 Å². The first kappa shape index (κ1) is 18.0. The number of ether oxygens (including phenoxy) is 1. The lowest BCUT2D eigenvalue weighted by Crippen LogP contribution is -2.36. The zero-order chi connectivity index (χ0) is 18.2. The van der Waals surface area contributed by atoms with E-state index >= 15 is 0 Å². The van der Waals surface area contributed by atoms with E-state index in [1.807, 2.05) is 13.0 Å². The Morgan fingerprint density at radius 1 is 1.20 bits per heavy atom. The van der Waals surface area contributed by atoms with Gasteiger partial charge in [0.25, 0.3) is 0 Å². The normalized spacial score (nSPS) is 9.80. The molecule has 25 heavy (non-hydrogen) atoms. The molecule has 0 spiro atoms. The van der Waals surface area contributed by atoms with E-state index in [0.717, 1.165) is 0 Å². The van der Waals surface area contributed by atoms with Gasteiger partial charge in [-0.3, -0.25) is 9.59 Å². The van der Waals surface area contributed by atoms with Gasteiger partial charge in [0.05, 0.1) is 18.2 Å². The molecule has 1 N–H and O–H groups in total. The second-order valence-corrected chi connectivity index (χ2v) is 5.27. The third-order valence-electron chi connectivity index (χ3n) is 3.42. The Kier molecular flexibility index (Phi) is 6.13. The van der Waals surface area contributed by atoms with E-state index in [0.29, 0.717) is 29.3 Å². The van der Waals surface area contributed by atoms with Crippen molar-refractivity contribution in [3.63, 3.8) is 0 Å². The lowest BCUT2D eigenvalue weighted by Gasteiger charge is -2.21. The number of anilines is 2. The average molecular weight is 337 g/mol. The van der Waals surface area contributed by atoms with Crippen molar-refractivity contribution in [1.82, 2.24) is 0 Å². The average Bonchev–Trinajstić information content (AvgIpc) is 2.61. The van der Waals surface area contributed by atoms with Gasteiger partial charge in [-0.2, -0.15) is 5.26 Å². The molecule has 0 aliphatic heterocycles. The predicted octanol–water partition coefficient (Wildman–Crippen LogP) is 2.95. The van der Waals surface area contributed by atoms with Crippen molar-refractivity contribution in [2.24, 2.45) is 0 Å². The highest BCUT2D eigenvalue weighted by Crippen LogP contribution is 2.20. The highest BCUT2D eigenvalue weighted by Gasteiger charge is 2.16. The van der Waals surface area contributed by atoms with Crippen LogP contribution in [0.2, 0.25) is 0 Å². The van der Waals surface area contributed by atoms with Gasteiger partial charge < -0.3 is 15.0 Å². The SMILES string of the molecule is CCOc1ccc(N(CC(=O)Nc2cccc(C#N)c2)C(C)=O)cc1. The van der Waals surface area contributed by atoms with Crippen molar-refractivity contribution < 1.29 is 14.3 Å². The molecule has 128 valence electrons. The molecule has 0 aliphatic carbocycles. The number of hydrogen-bond donors (Lipinski definition) is 1. The molecule has 2 aromatic carbocycles. The zero-order valence-corrected chi connectivity index (χ0v) is 14.2. The molecule has 0 saturated heterocycles. The summed E-state index contributed by atoms with van der Waals surface area (Å²) in [6.45, 7) is 3.72. The first-order valence-electron chi connectivity index (χ1n) is 7.84. The smallest absolute Gasteiger partial charge is 0.244 e. The Morgan fingerprint density at radius 2 is 1.92 bits per heavy atom. The van der Waals surface area contributed by atoms with E-state index in [2.05, 4.69) is 5.32 Å². The molecule has 0 radical (unpaired) electrons. The molecule has 0 aliphatic rings. The van der Waals surface area contributed by atoms with Gasteiger partial charge in [-0.1, -0.05) is 6.07 Å². The maximum Gasteiger partial charge on any atom is 0.244 e. The monoisotopic (exact) mass is 337 g/mol. The van der Waals surface area contributed by atoms with Gasteiger partial charge in [0, 0.05) is 18.3 Å². The van der Waals surface area contributed by atoms with Crippen LogP contribution in [-0.4, -0.2) is 25.0 Å². The van der Waals surface area contributed by atoms with Gasteiger partial charge in [0.2, 0.25) is 11.8 Å². The lowest BCUT2D eigenvalue weighted by atomic mass is 10.2. The minimum absolute atomic E-state index is 0.125. The molecule has 2 aromatic rings. The van der Waals surface area contributed by atoms with Crippen LogP contribution < -0.4 is 15.0 Å². The minimum Gasteiger partial charge on any atom is -0.494 e. The summed E-state index contributed by atoms with van der Waals surface area (Å²) in [4.78, 5) is 25.5. The molecule has 6 heteroatoms. The summed E-state index contributed by atoms with van der Waals surface area (Å²) in [5.74, 6) is 0.108. The number of carbonyl (C=O) groups is 2. The Labute approximate surface area is 146 Å². The van der Waals surface area contributed by atoms with E-state index in [9.17, 15) is 9.59 Å². The quantitative estimate of drug-likeness (QED) is 0.878. The van der Waals surface area contributed by atoms with Gasteiger partial charge in [-0.25, -0.2) is 0 Å². The van der Waals surface area contributed by atoms with Crippen LogP contribution in [-0.2, 0) is 9.59 Å². The molecule has 0 aromatic heterocycles. The number of carbonyl (C=O) groups excluding carboxylic acids is 2. The van der Waals surface area contributed by atoms with Crippen molar-refractivity contribution in [3.05, 3.63) is 54.1 Å². The largest absolute Gasteiger partial charge is 0.494 e. The number of nitrogens with one attached hydrogen (secondary N) is 1. The van der Waals surface area contributed by atoms with Crippen LogP contribution in [0.15, 0.2) is 48.5 Å². The summed E-state index contributed by atoms with van der Waals surface area (Å²) in [7, 11) is 0. The van der Waals surface area contributed by atoms with Crippen LogP contribution in [0.5, 0.6) is 5.75 Å². The molecule has 0 fully saturated rings. The Bertz CT molecular complexity index is 794. The molecule has 2 rings (SSSR count). The van der Waals surface area contributed by atoms with Crippen LogP contribution in [0.25, 0.3) is 0 Å². The van der Waals surface area contributed by atoms with E-state index in [1.165, 1.54) is 11.8 Å². The molecule has 0 bridgehead atoms. The third-order valence-corrected chi connectivity index (χ3v) is 3.42. The maximum atomic E-state index is 12.3. The summed E-state index contributed by atoms with van der Waals surface area (Å²) >= 11 is 0. The summed E-state index contributed by atoms with van der Waals surface area (Å²) in [6.07, 6.45) is 0. The van der Waals surface area contributed by atoms with Crippen LogP contribution >= 0.6 is 0 Å². The number of nitrogens with zero attached hydrogens (tertiary/aromatic N) is 2. The van der Waals surface area contributed by atoms with Crippen molar-refractivity contribution in [2.45, 2.75) is 13.8 Å². The van der Waals surface area contributed by atoms with Crippen molar-refractivity contribution in [1.29, 1.82) is 5.26 Å². The summed E-state index contributed by atoms with van der Waals surface area (Å²) < 4.78 is 5.37. The van der Waals surface area contributed by atoms with Crippen LogP contribution in [0.1, 0.15) is 19.4 Å². The molecule has 0 saturated carbocycles. The molecule has 0 heterocycles. The van der Waals surface area contributed by atoms with E-state index < -0.39 is 0 Å². The van der Waals surface area contributed by atoms with Crippen molar-refractivity contribution in [3.8, 4) is 11.8 Å². The topological polar surface area (TPSA) is 82.4 Å². The van der Waals surface area contributed by atoms with Gasteiger partial charge >= 0.3 is 0 Å². The van der Waals surface area contributed by atoms with Crippen molar-refractivity contribution >= 4 is 23.2 Å². The summed E-state index contributed by atoms with van der Waals surface area (Å²) in [6, 6.07) is 15.6. The highest BCUT2D eigenvalue weighted by atomic mass is 16.5. The standard InChI is InChI=1S/C19H19N3O3/c1-3-25-18-9-7-17(8-10-18)22(14(2)23)13-19(24)21-16-6-4-5-15(11-16)12-20/h4-11H,3,13H2,1-2H3,(H,21,24). The maximum absolute atomic E-state index is 12.3. The van der Waals surface area contributed by atoms with Crippen LogP contribution in [0.3, 0.4) is 0 Å². The highest BCUT2D eigenvalue weighted by molar-refractivity contribution is 6.01. The van der Waals surface area contributed by atoms with E-state index in [1.54, 1.807) is 48.5 Å². The summed E-state index contributed by atoms with van der Waals surface area (Å²) in [5.41, 5.74) is 1.57. The fraction of sp³-hybridized carbons (Fsp3) is 0.211. The molecule has 6 nitrogen and oxygen atoms in total. The Morgan fingerprint density at radius 3 is 2.52 bits per heavy atom. The Balaban J connectivity index is 2.09. The molecule has 2 amide bonds. The molecule has 0 atom stereocenters. The first-order valence-corrected chi connectivity index (χ1v) is 7.84. The molecule has 0 unspecified atom stereocenters. The third kappa shape index (κ3) is 5.08. The lowest BCUT2D eigenvalue weighted by molar-refractivity contribution is -0.120. The second kappa shape index (κ2) is 8.50. The predicted molar refractivity (Wildman–Crippen MR) is 95.4 cm³/mol. The molecular formula is C19H19N3O3. The first-order chi connectivity index (χ1) is 12.0. The number of rotatable bonds is 6. The Hall–Kier alpha value is -3.33. The molecular weight excluding hydrogens is 318 g/mol. The number of hydrogen-bond acceptors (Lipinski definition) is 4. The summed E-state index contributed by atoms with van der Waals surface area (Å²) in [5, 5.41) is 11.6. The fourth-order valence-electron chi connectivity index (χ4n) is 2.28. The van der Waals surface area contributed by atoms with Gasteiger partial charge in [0.1, 0.15) is 12.3 Å². The van der Waals surface area contributed by atoms with Gasteiger partial charge in [-0.15, -0.1) is 0 Å². The fourth-order valence-corrected chi connectivity index (χ4v) is 2.28. The van der Waals surface area contributed by atoms with Gasteiger partial charge in [0.15, 0.2) is 0 Å². The number of nitriles is 1. The minimum atomic E-state index is -0.348. The zero-order valence-electron chi connectivity index (χ0n) is 14.2.